The molecule has 1 heterocycles. The molecule has 0 bridgehead atoms. The van der Waals surface area contributed by atoms with Crippen molar-refractivity contribution in [3.05, 3.63) is 0 Å². The summed E-state index contributed by atoms with van der Waals surface area (Å²) in [5.74, 6) is -0.0161. The first-order valence-corrected chi connectivity index (χ1v) is 4.86. The van der Waals surface area contributed by atoms with Crippen LogP contribution in [0.3, 0.4) is 0 Å². The molecule has 0 radical (unpaired) electrons. The molecule has 13 heavy (non-hydrogen) atoms. The van der Waals surface area contributed by atoms with Gasteiger partial charge in [0.05, 0.1) is 0 Å². The molecular formula is C9H18N2O2. The first-order chi connectivity index (χ1) is 6.24. The van der Waals surface area contributed by atoms with Crippen LogP contribution in [0, 0.1) is 0 Å². The van der Waals surface area contributed by atoms with E-state index in [0.29, 0.717) is 13.2 Å². The number of carbonyl (C=O) groups is 1. The summed E-state index contributed by atoms with van der Waals surface area (Å²) in [6.45, 7) is 3.06. The Bertz CT molecular complexity index is 167. The molecule has 1 aliphatic heterocycles. The zero-order valence-electron chi connectivity index (χ0n) is 8.08. The van der Waals surface area contributed by atoms with Gasteiger partial charge < -0.3 is 15.8 Å². The number of hydrogen-bond donors (Lipinski definition) is 2. The minimum Gasteiger partial charge on any atom is -0.368 e. The number of hydrogen-bond acceptors (Lipinski definition) is 3. The molecule has 0 aliphatic carbocycles. The minimum atomic E-state index is -0.247. The second-order valence-corrected chi connectivity index (χ2v) is 3.50. The van der Waals surface area contributed by atoms with Gasteiger partial charge in [-0.3, -0.25) is 4.79 Å². The lowest BCUT2D eigenvalue weighted by Crippen LogP contribution is -2.45. The van der Waals surface area contributed by atoms with Gasteiger partial charge >= 0.3 is 0 Å². The van der Waals surface area contributed by atoms with Crippen LogP contribution in [-0.2, 0) is 9.53 Å². The fraction of sp³-hybridized carbons (Fsp3) is 0.889. The molecule has 1 fully saturated rings. The number of rotatable bonds is 3. The molecule has 4 nitrogen and oxygen atoms in total. The molecule has 1 amide bonds. The van der Waals surface area contributed by atoms with Gasteiger partial charge in [0.25, 0.3) is 0 Å². The molecular weight excluding hydrogens is 168 g/mol. The maximum absolute atomic E-state index is 11.5. The Morgan fingerprint density at radius 1 is 1.69 bits per heavy atom. The van der Waals surface area contributed by atoms with Gasteiger partial charge in [0, 0.05) is 19.2 Å². The summed E-state index contributed by atoms with van der Waals surface area (Å²) >= 11 is 0. The van der Waals surface area contributed by atoms with E-state index in [9.17, 15) is 4.79 Å². The number of nitrogens with two attached hydrogens (primary N) is 1. The second-order valence-electron chi connectivity index (χ2n) is 3.50. The van der Waals surface area contributed by atoms with Crippen molar-refractivity contribution in [3.63, 3.8) is 0 Å². The number of nitrogens with one attached hydrogen (secondary N) is 1. The van der Waals surface area contributed by atoms with Crippen LogP contribution >= 0.6 is 0 Å². The van der Waals surface area contributed by atoms with Crippen LogP contribution in [-0.4, -0.2) is 31.2 Å². The minimum absolute atomic E-state index is 0.0161. The molecule has 0 aromatic carbocycles. The Morgan fingerprint density at radius 2 is 2.46 bits per heavy atom. The van der Waals surface area contributed by atoms with Gasteiger partial charge in [-0.25, -0.2) is 0 Å². The van der Waals surface area contributed by atoms with E-state index < -0.39 is 0 Å². The topological polar surface area (TPSA) is 64.3 Å². The Labute approximate surface area is 78.8 Å². The van der Waals surface area contributed by atoms with Gasteiger partial charge in [0.1, 0.15) is 6.10 Å². The maximum atomic E-state index is 11.5. The van der Waals surface area contributed by atoms with Crippen LogP contribution in [0.4, 0.5) is 0 Å². The Hall–Kier alpha value is -0.610. The van der Waals surface area contributed by atoms with E-state index in [1.54, 1.807) is 0 Å². The summed E-state index contributed by atoms with van der Waals surface area (Å²) in [6, 6.07) is 0.0398. The molecule has 0 saturated carbocycles. The number of ether oxygens (including phenoxy) is 1. The van der Waals surface area contributed by atoms with E-state index in [-0.39, 0.29) is 18.1 Å². The van der Waals surface area contributed by atoms with Gasteiger partial charge in [-0.2, -0.15) is 0 Å². The molecule has 0 spiro atoms. The van der Waals surface area contributed by atoms with Crippen molar-refractivity contribution < 1.29 is 9.53 Å². The monoisotopic (exact) mass is 186 g/mol. The summed E-state index contributed by atoms with van der Waals surface area (Å²) < 4.78 is 5.33. The zero-order chi connectivity index (χ0) is 9.68. The first kappa shape index (κ1) is 10.5. The zero-order valence-corrected chi connectivity index (χ0v) is 8.08. The first-order valence-electron chi connectivity index (χ1n) is 4.86. The van der Waals surface area contributed by atoms with Crippen molar-refractivity contribution in [2.45, 2.75) is 38.3 Å². The van der Waals surface area contributed by atoms with Crippen LogP contribution in [0.1, 0.15) is 26.2 Å². The lowest BCUT2D eigenvalue weighted by atomic mass is 10.1. The largest absolute Gasteiger partial charge is 0.368 e. The van der Waals surface area contributed by atoms with Crippen molar-refractivity contribution in [3.8, 4) is 0 Å². The summed E-state index contributed by atoms with van der Waals surface area (Å²) in [5, 5.41) is 2.81. The second kappa shape index (κ2) is 5.19. The van der Waals surface area contributed by atoms with Gasteiger partial charge in [0.2, 0.25) is 5.91 Å². The Balaban J connectivity index is 2.29. The third-order valence-electron chi connectivity index (χ3n) is 2.21. The maximum Gasteiger partial charge on any atom is 0.249 e. The smallest absolute Gasteiger partial charge is 0.249 e. The van der Waals surface area contributed by atoms with Crippen molar-refractivity contribution in [1.82, 2.24) is 5.32 Å². The average Bonchev–Trinajstić information content (AvgIpc) is 2.19. The predicted molar refractivity (Wildman–Crippen MR) is 50.3 cm³/mol. The highest BCUT2D eigenvalue weighted by atomic mass is 16.5. The molecule has 1 unspecified atom stereocenters. The highest BCUT2D eigenvalue weighted by Crippen LogP contribution is 2.12. The van der Waals surface area contributed by atoms with E-state index >= 15 is 0 Å². The molecule has 3 N–H and O–H groups in total. The average molecular weight is 186 g/mol. The van der Waals surface area contributed by atoms with Crippen molar-refractivity contribution >= 4 is 5.91 Å². The van der Waals surface area contributed by atoms with Crippen LogP contribution in [0.5, 0.6) is 0 Å². The quantitative estimate of drug-likeness (QED) is 0.653. The SMILES string of the molecule is C[C@H](CN)NC(=O)C1CCCCO1. The van der Waals surface area contributed by atoms with Gasteiger partial charge in [0.15, 0.2) is 0 Å². The summed E-state index contributed by atoms with van der Waals surface area (Å²) in [4.78, 5) is 11.5. The summed E-state index contributed by atoms with van der Waals surface area (Å²) in [7, 11) is 0. The standard InChI is InChI=1S/C9H18N2O2/c1-7(6-10)11-9(12)8-4-2-3-5-13-8/h7-8H,2-6,10H2,1H3,(H,11,12)/t7-,8?/m1/s1. The fourth-order valence-electron chi connectivity index (χ4n) is 1.34. The molecule has 4 heteroatoms. The van der Waals surface area contributed by atoms with Gasteiger partial charge in [-0.1, -0.05) is 0 Å². The highest BCUT2D eigenvalue weighted by Gasteiger charge is 2.22. The lowest BCUT2D eigenvalue weighted by molar-refractivity contribution is -0.136. The normalized spacial score (nSPS) is 25.2. The summed E-state index contributed by atoms with van der Waals surface area (Å²) in [5.41, 5.74) is 5.39. The molecule has 1 aliphatic rings. The Morgan fingerprint density at radius 3 is 3.00 bits per heavy atom. The van der Waals surface area contributed by atoms with E-state index in [1.807, 2.05) is 6.92 Å². The lowest BCUT2D eigenvalue weighted by Gasteiger charge is -2.23. The third-order valence-corrected chi connectivity index (χ3v) is 2.21. The van der Waals surface area contributed by atoms with Crippen LogP contribution in [0.15, 0.2) is 0 Å². The Kier molecular flexibility index (Phi) is 4.18. The number of amides is 1. The van der Waals surface area contributed by atoms with E-state index in [0.717, 1.165) is 19.3 Å². The van der Waals surface area contributed by atoms with Gasteiger partial charge in [-0.15, -0.1) is 0 Å². The van der Waals surface area contributed by atoms with Crippen molar-refractivity contribution in [2.75, 3.05) is 13.2 Å². The third kappa shape index (κ3) is 3.32. The van der Waals surface area contributed by atoms with Crippen LogP contribution in [0.2, 0.25) is 0 Å². The molecule has 0 aromatic heterocycles. The van der Waals surface area contributed by atoms with Crippen molar-refractivity contribution in [2.24, 2.45) is 5.73 Å². The van der Waals surface area contributed by atoms with Crippen molar-refractivity contribution in [1.29, 1.82) is 0 Å². The van der Waals surface area contributed by atoms with E-state index in [4.69, 9.17) is 10.5 Å². The van der Waals surface area contributed by atoms with E-state index in [1.165, 1.54) is 0 Å². The molecule has 1 rings (SSSR count). The molecule has 0 aromatic rings. The summed E-state index contributed by atoms with van der Waals surface area (Å²) in [6.07, 6.45) is 2.73. The van der Waals surface area contributed by atoms with Crippen LogP contribution in [0.25, 0.3) is 0 Å². The van der Waals surface area contributed by atoms with E-state index in [2.05, 4.69) is 5.32 Å². The van der Waals surface area contributed by atoms with Crippen LogP contribution < -0.4 is 11.1 Å². The molecule has 2 atom stereocenters. The molecule has 76 valence electrons. The predicted octanol–water partition coefficient (Wildman–Crippen LogP) is 0.0189. The number of carbonyl (C=O) groups excluding carboxylic acids is 1. The highest BCUT2D eigenvalue weighted by molar-refractivity contribution is 5.81. The molecule has 1 saturated heterocycles. The fourth-order valence-corrected chi connectivity index (χ4v) is 1.34. The van der Waals surface area contributed by atoms with Gasteiger partial charge in [-0.05, 0) is 26.2 Å².